The Morgan fingerprint density at radius 1 is 1.33 bits per heavy atom. The molecule has 1 aromatic rings. The molecular weight excluding hydrogens is 256 g/mol. The zero-order chi connectivity index (χ0) is 13.5. The Bertz CT molecular complexity index is 480. The molecule has 0 spiro atoms. The van der Waals surface area contributed by atoms with E-state index in [9.17, 15) is 9.59 Å². The molecule has 0 saturated heterocycles. The number of carbonyl (C=O) groups excluding carboxylic acids is 2. The van der Waals surface area contributed by atoms with Crippen LogP contribution in [0.25, 0.3) is 6.08 Å². The molecule has 0 fully saturated rings. The van der Waals surface area contributed by atoms with E-state index >= 15 is 0 Å². The van der Waals surface area contributed by atoms with E-state index in [1.165, 1.54) is 20.3 Å². The second-order valence-corrected chi connectivity index (χ2v) is 3.90. The van der Waals surface area contributed by atoms with Crippen LogP contribution in [0.5, 0.6) is 0 Å². The minimum atomic E-state index is -0.697. The van der Waals surface area contributed by atoms with Gasteiger partial charge >= 0.3 is 5.97 Å². The molecule has 0 bridgehead atoms. The molecule has 0 unspecified atom stereocenters. The number of ether oxygens (including phenoxy) is 2. The molecule has 18 heavy (non-hydrogen) atoms. The third kappa shape index (κ3) is 3.98. The summed E-state index contributed by atoms with van der Waals surface area (Å²) in [5.74, 6) is -1.14. The van der Waals surface area contributed by atoms with Crippen LogP contribution < -0.4 is 0 Å². The van der Waals surface area contributed by atoms with Crippen LogP contribution in [0.3, 0.4) is 0 Å². The summed E-state index contributed by atoms with van der Waals surface area (Å²) in [6.07, 6.45) is 1.43. The van der Waals surface area contributed by atoms with Gasteiger partial charge in [-0.3, -0.25) is 4.79 Å². The van der Waals surface area contributed by atoms with Crippen molar-refractivity contribution < 1.29 is 19.1 Å². The van der Waals surface area contributed by atoms with E-state index in [4.69, 9.17) is 16.3 Å². The van der Waals surface area contributed by atoms with E-state index in [-0.39, 0.29) is 12.2 Å². The predicted octanol–water partition coefficient (Wildman–Crippen LogP) is 2.11. The van der Waals surface area contributed by atoms with Gasteiger partial charge in [0.25, 0.3) is 0 Å². The topological polar surface area (TPSA) is 52.6 Å². The summed E-state index contributed by atoms with van der Waals surface area (Å²) >= 11 is 5.83. The molecule has 0 aliphatic carbocycles. The fraction of sp³-hybridized carbons (Fsp3) is 0.231. The van der Waals surface area contributed by atoms with Crippen molar-refractivity contribution in [3.63, 3.8) is 0 Å². The molecule has 0 aliphatic rings. The second-order valence-electron chi connectivity index (χ2n) is 3.46. The number of benzene rings is 1. The zero-order valence-electron chi connectivity index (χ0n) is 10.1. The quantitative estimate of drug-likeness (QED) is 0.355. The first-order chi connectivity index (χ1) is 8.58. The lowest BCUT2D eigenvalue weighted by Gasteiger charge is -2.04. The Hall–Kier alpha value is -1.65. The SMILES string of the molecule is COCC(=O)C(=Cc1cccc(Cl)c1)C(=O)OC. The molecule has 0 radical (unpaired) electrons. The first-order valence-corrected chi connectivity index (χ1v) is 5.54. The molecule has 0 amide bonds. The maximum atomic E-state index is 11.7. The number of methoxy groups -OCH3 is 2. The highest BCUT2D eigenvalue weighted by Crippen LogP contribution is 2.15. The second kappa shape index (κ2) is 6.93. The highest BCUT2D eigenvalue weighted by molar-refractivity contribution is 6.30. The van der Waals surface area contributed by atoms with Gasteiger partial charge < -0.3 is 9.47 Å². The molecule has 0 N–H and O–H groups in total. The highest BCUT2D eigenvalue weighted by atomic mass is 35.5. The number of Topliss-reactive ketones (excluding diaryl/α,β-unsaturated/α-hetero) is 1. The first-order valence-electron chi connectivity index (χ1n) is 5.16. The van der Waals surface area contributed by atoms with Crippen LogP contribution in [-0.2, 0) is 19.1 Å². The Morgan fingerprint density at radius 3 is 2.61 bits per heavy atom. The fourth-order valence-corrected chi connectivity index (χ4v) is 1.53. The Balaban J connectivity index is 3.10. The van der Waals surface area contributed by atoms with Crippen molar-refractivity contribution in [2.24, 2.45) is 0 Å². The molecule has 0 aromatic heterocycles. The molecule has 96 valence electrons. The third-order valence-corrected chi connectivity index (χ3v) is 2.38. The number of hydrogen-bond donors (Lipinski definition) is 0. The fourth-order valence-electron chi connectivity index (χ4n) is 1.34. The van der Waals surface area contributed by atoms with Gasteiger partial charge in [0.2, 0.25) is 0 Å². The van der Waals surface area contributed by atoms with Crippen molar-refractivity contribution in [1.82, 2.24) is 0 Å². The van der Waals surface area contributed by atoms with E-state index in [0.29, 0.717) is 10.6 Å². The summed E-state index contributed by atoms with van der Waals surface area (Å²) in [5, 5.41) is 0.521. The Morgan fingerprint density at radius 2 is 2.06 bits per heavy atom. The molecule has 0 atom stereocenters. The van der Waals surface area contributed by atoms with Gasteiger partial charge in [-0.25, -0.2) is 4.79 Å². The van der Waals surface area contributed by atoms with E-state index in [0.717, 1.165) is 0 Å². The molecule has 1 rings (SSSR count). The van der Waals surface area contributed by atoms with Crippen LogP contribution in [0.4, 0.5) is 0 Å². The largest absolute Gasteiger partial charge is 0.465 e. The van der Waals surface area contributed by atoms with Crippen LogP contribution in [0.2, 0.25) is 5.02 Å². The van der Waals surface area contributed by atoms with Crippen LogP contribution in [0, 0.1) is 0 Å². The Kier molecular flexibility index (Phi) is 5.55. The van der Waals surface area contributed by atoms with Gasteiger partial charge in [-0.15, -0.1) is 0 Å². The summed E-state index contributed by atoms with van der Waals surface area (Å²) in [6, 6.07) is 6.80. The van der Waals surface area contributed by atoms with Crippen LogP contribution in [0.15, 0.2) is 29.8 Å². The van der Waals surface area contributed by atoms with Gasteiger partial charge in [0.15, 0.2) is 5.78 Å². The molecule has 4 nitrogen and oxygen atoms in total. The maximum Gasteiger partial charge on any atom is 0.341 e. The van der Waals surface area contributed by atoms with Gasteiger partial charge in [-0.2, -0.15) is 0 Å². The minimum absolute atomic E-state index is 0.0679. The van der Waals surface area contributed by atoms with Crippen molar-refractivity contribution in [2.75, 3.05) is 20.8 Å². The molecule has 0 heterocycles. The van der Waals surface area contributed by atoms with Gasteiger partial charge in [-0.1, -0.05) is 23.7 Å². The van der Waals surface area contributed by atoms with Gasteiger partial charge in [-0.05, 0) is 23.8 Å². The number of rotatable bonds is 5. The summed E-state index contributed by atoms with van der Waals surface area (Å²) < 4.78 is 9.28. The minimum Gasteiger partial charge on any atom is -0.465 e. The number of halogens is 1. The molecule has 0 aliphatic heterocycles. The van der Waals surface area contributed by atoms with Gasteiger partial charge in [0.1, 0.15) is 12.2 Å². The predicted molar refractivity (Wildman–Crippen MR) is 68.3 cm³/mol. The van der Waals surface area contributed by atoms with E-state index in [1.54, 1.807) is 24.3 Å². The van der Waals surface area contributed by atoms with Crippen molar-refractivity contribution in [3.8, 4) is 0 Å². The van der Waals surface area contributed by atoms with Crippen molar-refractivity contribution in [1.29, 1.82) is 0 Å². The first kappa shape index (κ1) is 14.4. The highest BCUT2D eigenvalue weighted by Gasteiger charge is 2.18. The average molecular weight is 269 g/mol. The smallest absolute Gasteiger partial charge is 0.341 e. The average Bonchev–Trinajstić information content (AvgIpc) is 2.35. The van der Waals surface area contributed by atoms with Crippen molar-refractivity contribution in [3.05, 3.63) is 40.4 Å². The summed E-state index contributed by atoms with van der Waals surface area (Å²) in [6.45, 7) is -0.179. The zero-order valence-corrected chi connectivity index (χ0v) is 10.9. The molecule has 0 saturated carbocycles. The number of ketones is 1. The molecular formula is C13H13ClO4. The lowest BCUT2D eigenvalue weighted by Crippen LogP contribution is -2.18. The number of carbonyl (C=O) groups is 2. The van der Waals surface area contributed by atoms with E-state index < -0.39 is 11.8 Å². The standard InChI is InChI=1S/C13H13ClO4/c1-17-8-12(15)11(13(16)18-2)7-9-4-3-5-10(14)6-9/h3-7H,8H2,1-2H3. The normalized spacial score (nSPS) is 11.2. The van der Waals surface area contributed by atoms with Gasteiger partial charge in [0, 0.05) is 12.1 Å². The summed E-state index contributed by atoms with van der Waals surface area (Å²) in [4.78, 5) is 23.2. The molecule has 5 heteroatoms. The monoisotopic (exact) mass is 268 g/mol. The van der Waals surface area contributed by atoms with Crippen molar-refractivity contribution in [2.45, 2.75) is 0 Å². The van der Waals surface area contributed by atoms with Crippen molar-refractivity contribution >= 4 is 29.4 Å². The molecule has 1 aromatic carbocycles. The summed E-state index contributed by atoms with van der Waals surface area (Å²) in [7, 11) is 2.60. The number of esters is 1. The summed E-state index contributed by atoms with van der Waals surface area (Å²) in [5.41, 5.74) is 0.578. The third-order valence-electron chi connectivity index (χ3n) is 2.14. The number of hydrogen-bond acceptors (Lipinski definition) is 4. The lowest BCUT2D eigenvalue weighted by molar-refractivity contribution is -0.138. The van der Waals surface area contributed by atoms with Crippen LogP contribution in [0.1, 0.15) is 5.56 Å². The lowest BCUT2D eigenvalue weighted by atomic mass is 10.1. The van der Waals surface area contributed by atoms with E-state index in [1.807, 2.05) is 0 Å². The maximum absolute atomic E-state index is 11.7. The van der Waals surface area contributed by atoms with Crippen LogP contribution >= 0.6 is 11.6 Å². The van der Waals surface area contributed by atoms with Gasteiger partial charge in [0.05, 0.1) is 7.11 Å². The van der Waals surface area contributed by atoms with Crippen LogP contribution in [-0.4, -0.2) is 32.6 Å². The van der Waals surface area contributed by atoms with E-state index in [2.05, 4.69) is 4.74 Å². The Labute approximate surface area is 110 Å².